The Morgan fingerprint density at radius 3 is 2.57 bits per heavy atom. The summed E-state index contributed by atoms with van der Waals surface area (Å²) in [5.41, 5.74) is 2.59. The van der Waals surface area contributed by atoms with Gasteiger partial charge in [-0.1, -0.05) is 30.3 Å². The van der Waals surface area contributed by atoms with Crippen LogP contribution in [0.15, 0.2) is 54.6 Å². The van der Waals surface area contributed by atoms with Crippen molar-refractivity contribution in [3.05, 3.63) is 65.9 Å². The molecule has 0 aliphatic rings. The molecule has 0 aliphatic heterocycles. The van der Waals surface area contributed by atoms with Crippen LogP contribution in [0.2, 0.25) is 0 Å². The minimum absolute atomic E-state index is 0.00430. The smallest absolute Gasteiger partial charge is 0.270 e. The van der Waals surface area contributed by atoms with Crippen LogP contribution in [-0.4, -0.2) is 29.9 Å². The molecule has 0 radical (unpaired) electrons. The fourth-order valence-electron chi connectivity index (χ4n) is 2.67. The van der Waals surface area contributed by atoms with Gasteiger partial charge in [0.15, 0.2) is 0 Å². The molecule has 3 rings (SSSR count). The van der Waals surface area contributed by atoms with Crippen molar-refractivity contribution < 1.29 is 9.53 Å². The predicted molar refractivity (Wildman–Crippen MR) is 91.8 cm³/mol. The van der Waals surface area contributed by atoms with Crippen LogP contribution in [0.4, 0.5) is 0 Å². The SMILES string of the molecule is COc1ccc2cc(C(=O)N(C)C(C)c3ccccc3)[nH]c2c1. The summed E-state index contributed by atoms with van der Waals surface area (Å²) >= 11 is 0. The predicted octanol–water partition coefficient (Wildman–Crippen LogP) is 4.01. The second-order valence-electron chi connectivity index (χ2n) is 5.64. The highest BCUT2D eigenvalue weighted by atomic mass is 16.5. The van der Waals surface area contributed by atoms with E-state index in [0.717, 1.165) is 22.2 Å². The third-order valence-corrected chi connectivity index (χ3v) is 4.24. The maximum Gasteiger partial charge on any atom is 0.270 e. The number of hydrogen-bond donors (Lipinski definition) is 1. The van der Waals surface area contributed by atoms with Crippen LogP contribution in [0.3, 0.4) is 0 Å². The Hall–Kier alpha value is -2.75. The van der Waals surface area contributed by atoms with Gasteiger partial charge in [-0.05, 0) is 30.7 Å². The Morgan fingerprint density at radius 2 is 1.87 bits per heavy atom. The van der Waals surface area contributed by atoms with Gasteiger partial charge >= 0.3 is 0 Å². The van der Waals surface area contributed by atoms with E-state index in [1.54, 1.807) is 12.0 Å². The Kier molecular flexibility index (Phi) is 4.06. The number of amides is 1. The maximum absolute atomic E-state index is 12.7. The van der Waals surface area contributed by atoms with Gasteiger partial charge in [0.2, 0.25) is 0 Å². The van der Waals surface area contributed by atoms with E-state index < -0.39 is 0 Å². The Balaban J connectivity index is 1.87. The van der Waals surface area contributed by atoms with Gasteiger partial charge in [-0.25, -0.2) is 0 Å². The fourth-order valence-corrected chi connectivity index (χ4v) is 2.67. The van der Waals surface area contributed by atoms with Gasteiger partial charge in [-0.2, -0.15) is 0 Å². The van der Waals surface area contributed by atoms with E-state index in [-0.39, 0.29) is 11.9 Å². The largest absolute Gasteiger partial charge is 0.497 e. The molecule has 23 heavy (non-hydrogen) atoms. The van der Waals surface area contributed by atoms with Gasteiger partial charge in [-0.3, -0.25) is 4.79 Å². The zero-order chi connectivity index (χ0) is 16.4. The first-order chi connectivity index (χ1) is 11.1. The van der Waals surface area contributed by atoms with Crippen molar-refractivity contribution in [2.75, 3.05) is 14.2 Å². The quantitative estimate of drug-likeness (QED) is 0.791. The summed E-state index contributed by atoms with van der Waals surface area (Å²) in [5.74, 6) is 0.737. The first-order valence-corrected chi connectivity index (χ1v) is 7.59. The Morgan fingerprint density at radius 1 is 1.13 bits per heavy atom. The summed E-state index contributed by atoms with van der Waals surface area (Å²) in [6.07, 6.45) is 0. The molecule has 1 amide bonds. The number of carbonyl (C=O) groups excluding carboxylic acids is 1. The fraction of sp³-hybridized carbons (Fsp3) is 0.211. The summed E-state index contributed by atoms with van der Waals surface area (Å²) in [7, 11) is 3.46. The normalized spacial score (nSPS) is 12.1. The Labute approximate surface area is 135 Å². The molecule has 0 fully saturated rings. The minimum Gasteiger partial charge on any atom is -0.497 e. The Bertz CT molecular complexity index is 824. The molecule has 1 aromatic heterocycles. The van der Waals surface area contributed by atoms with E-state index >= 15 is 0 Å². The number of fused-ring (bicyclic) bond motifs is 1. The molecule has 4 nitrogen and oxygen atoms in total. The number of rotatable bonds is 4. The molecule has 1 unspecified atom stereocenters. The van der Waals surface area contributed by atoms with Gasteiger partial charge in [0.25, 0.3) is 5.91 Å². The third-order valence-electron chi connectivity index (χ3n) is 4.24. The van der Waals surface area contributed by atoms with E-state index in [9.17, 15) is 4.79 Å². The first kappa shape index (κ1) is 15.2. The standard InChI is InChI=1S/C19H20N2O2/c1-13(14-7-5-4-6-8-14)21(2)19(22)18-11-15-9-10-16(23-3)12-17(15)20-18/h4-13,20H,1-3H3. The van der Waals surface area contributed by atoms with Crippen molar-refractivity contribution in [3.8, 4) is 5.75 Å². The summed E-state index contributed by atoms with van der Waals surface area (Å²) in [5, 5.41) is 0.995. The number of ether oxygens (including phenoxy) is 1. The lowest BCUT2D eigenvalue weighted by molar-refractivity contribution is 0.0737. The number of aromatic nitrogens is 1. The molecule has 3 aromatic rings. The zero-order valence-corrected chi connectivity index (χ0v) is 13.5. The lowest BCUT2D eigenvalue weighted by Crippen LogP contribution is -2.29. The van der Waals surface area contributed by atoms with Crippen LogP contribution in [0.5, 0.6) is 5.75 Å². The third kappa shape index (κ3) is 2.93. The topological polar surface area (TPSA) is 45.3 Å². The van der Waals surface area contributed by atoms with Crippen LogP contribution in [0.25, 0.3) is 10.9 Å². The first-order valence-electron chi connectivity index (χ1n) is 7.59. The lowest BCUT2D eigenvalue weighted by atomic mass is 10.1. The van der Waals surface area contributed by atoms with Crippen LogP contribution in [-0.2, 0) is 0 Å². The molecular weight excluding hydrogens is 288 g/mol. The van der Waals surface area contributed by atoms with Crippen LogP contribution in [0.1, 0.15) is 29.0 Å². The van der Waals surface area contributed by atoms with Crippen LogP contribution >= 0.6 is 0 Å². The average molecular weight is 308 g/mol. The average Bonchev–Trinajstić information content (AvgIpc) is 3.03. The van der Waals surface area contributed by atoms with Crippen LogP contribution in [0, 0.1) is 0 Å². The van der Waals surface area contributed by atoms with E-state index in [0.29, 0.717) is 5.69 Å². The molecule has 2 aromatic carbocycles. The van der Waals surface area contributed by atoms with E-state index in [1.807, 2.05) is 68.6 Å². The number of nitrogens with one attached hydrogen (secondary N) is 1. The lowest BCUT2D eigenvalue weighted by Gasteiger charge is -2.24. The monoisotopic (exact) mass is 308 g/mol. The summed E-state index contributed by atoms with van der Waals surface area (Å²) in [4.78, 5) is 17.7. The van der Waals surface area contributed by atoms with Gasteiger partial charge in [0.05, 0.1) is 13.2 Å². The van der Waals surface area contributed by atoms with Crippen molar-refractivity contribution in [2.24, 2.45) is 0 Å². The molecular formula is C19H20N2O2. The van der Waals surface area contributed by atoms with Crippen molar-refractivity contribution in [1.29, 1.82) is 0 Å². The number of benzene rings is 2. The molecule has 4 heteroatoms. The highest BCUT2D eigenvalue weighted by molar-refractivity contribution is 5.98. The molecule has 118 valence electrons. The van der Waals surface area contributed by atoms with E-state index in [1.165, 1.54) is 0 Å². The number of nitrogens with zero attached hydrogens (tertiary/aromatic N) is 1. The zero-order valence-electron chi connectivity index (χ0n) is 13.5. The maximum atomic E-state index is 12.7. The molecule has 0 spiro atoms. The van der Waals surface area contributed by atoms with Gasteiger partial charge in [-0.15, -0.1) is 0 Å². The molecule has 1 atom stereocenters. The van der Waals surface area contributed by atoms with Crippen molar-refractivity contribution in [1.82, 2.24) is 9.88 Å². The van der Waals surface area contributed by atoms with Gasteiger partial charge in [0, 0.05) is 24.0 Å². The van der Waals surface area contributed by atoms with Gasteiger partial charge in [0.1, 0.15) is 11.4 Å². The molecule has 0 bridgehead atoms. The second kappa shape index (κ2) is 6.16. The second-order valence-corrected chi connectivity index (χ2v) is 5.64. The molecule has 1 N–H and O–H groups in total. The van der Waals surface area contributed by atoms with Gasteiger partial charge < -0.3 is 14.6 Å². The molecule has 0 saturated carbocycles. The molecule has 1 heterocycles. The van der Waals surface area contributed by atoms with Crippen molar-refractivity contribution in [2.45, 2.75) is 13.0 Å². The highest BCUT2D eigenvalue weighted by Crippen LogP contribution is 2.24. The summed E-state index contributed by atoms with van der Waals surface area (Å²) < 4.78 is 5.22. The molecule has 0 aliphatic carbocycles. The van der Waals surface area contributed by atoms with Crippen molar-refractivity contribution >= 4 is 16.8 Å². The number of carbonyl (C=O) groups is 1. The van der Waals surface area contributed by atoms with E-state index in [2.05, 4.69) is 4.98 Å². The van der Waals surface area contributed by atoms with Crippen LogP contribution < -0.4 is 4.74 Å². The minimum atomic E-state index is -0.0310. The number of aromatic amines is 1. The summed E-state index contributed by atoms with van der Waals surface area (Å²) in [6.45, 7) is 2.03. The van der Waals surface area contributed by atoms with E-state index in [4.69, 9.17) is 4.74 Å². The summed E-state index contributed by atoms with van der Waals surface area (Å²) in [6, 6.07) is 17.6. The molecule has 0 saturated heterocycles. The number of H-pyrrole nitrogens is 1. The van der Waals surface area contributed by atoms with Crippen molar-refractivity contribution in [3.63, 3.8) is 0 Å². The highest BCUT2D eigenvalue weighted by Gasteiger charge is 2.20. The number of methoxy groups -OCH3 is 1. The number of hydrogen-bond acceptors (Lipinski definition) is 2.